The minimum atomic E-state index is -3.32. The van der Waals surface area contributed by atoms with Crippen molar-refractivity contribution in [1.82, 2.24) is 4.90 Å². The largest absolute Gasteiger partial charge is 0.344 e. The highest BCUT2D eigenvalue weighted by molar-refractivity contribution is 5.82. The molecule has 0 saturated carbocycles. The Bertz CT molecular complexity index is 206. The van der Waals surface area contributed by atoms with Crippen molar-refractivity contribution >= 4 is 5.91 Å². The minimum absolute atomic E-state index is 0.0907. The molecule has 12 heavy (non-hydrogen) atoms. The molecule has 0 unspecified atom stereocenters. The maximum absolute atomic E-state index is 12.8. The Labute approximate surface area is 70.5 Å². The van der Waals surface area contributed by atoms with Crippen LogP contribution in [0.1, 0.15) is 12.8 Å². The van der Waals surface area contributed by atoms with Crippen LogP contribution in [0.3, 0.4) is 0 Å². The zero-order valence-electron chi connectivity index (χ0n) is 7.10. The third kappa shape index (κ3) is 2.87. The van der Waals surface area contributed by atoms with Gasteiger partial charge in [-0.2, -0.15) is 8.78 Å². The van der Waals surface area contributed by atoms with E-state index in [9.17, 15) is 13.6 Å². The molecule has 0 aliphatic carbocycles. The molecule has 0 aromatic rings. The first-order valence-electron chi connectivity index (χ1n) is 3.45. The van der Waals surface area contributed by atoms with Crippen LogP contribution in [0.2, 0.25) is 0 Å². The molecule has 0 atom stereocenters. The highest BCUT2D eigenvalue weighted by Crippen LogP contribution is 2.21. The van der Waals surface area contributed by atoms with E-state index >= 15 is 0 Å². The van der Waals surface area contributed by atoms with Crippen molar-refractivity contribution in [2.24, 2.45) is 0 Å². The second-order valence-electron chi connectivity index (χ2n) is 2.61. The van der Waals surface area contributed by atoms with E-state index in [-0.39, 0.29) is 6.42 Å². The molecular weight excluding hydrogens is 164 g/mol. The fraction of sp³-hybridized carbons (Fsp3) is 0.625. The molecule has 0 spiro atoms. The van der Waals surface area contributed by atoms with Crippen molar-refractivity contribution in [1.29, 1.82) is 0 Å². The Morgan fingerprint density at radius 1 is 1.58 bits per heavy atom. The average Bonchev–Trinajstić information content (AvgIpc) is 1.99. The van der Waals surface area contributed by atoms with Crippen LogP contribution in [0.15, 0.2) is 0 Å². The van der Waals surface area contributed by atoms with Gasteiger partial charge in [-0.25, -0.2) is 0 Å². The van der Waals surface area contributed by atoms with Crippen LogP contribution in [0, 0.1) is 12.3 Å². The summed E-state index contributed by atoms with van der Waals surface area (Å²) in [5.41, 5.74) is 0. The van der Waals surface area contributed by atoms with Gasteiger partial charge in [0.1, 0.15) is 0 Å². The van der Waals surface area contributed by atoms with Gasteiger partial charge in [0.15, 0.2) is 0 Å². The monoisotopic (exact) mass is 175 g/mol. The van der Waals surface area contributed by atoms with Crippen LogP contribution in [-0.4, -0.2) is 30.8 Å². The number of alkyl halides is 2. The summed E-state index contributed by atoms with van der Waals surface area (Å²) in [7, 11) is 2.57. The number of halogens is 2. The van der Waals surface area contributed by atoms with Crippen molar-refractivity contribution in [2.45, 2.75) is 18.8 Å². The third-order valence-electron chi connectivity index (χ3n) is 1.30. The Morgan fingerprint density at radius 2 is 2.08 bits per heavy atom. The average molecular weight is 175 g/mol. The van der Waals surface area contributed by atoms with Gasteiger partial charge in [0, 0.05) is 26.9 Å². The van der Waals surface area contributed by atoms with Gasteiger partial charge in [-0.15, -0.1) is 12.3 Å². The van der Waals surface area contributed by atoms with Gasteiger partial charge in [0.2, 0.25) is 0 Å². The number of carbonyl (C=O) groups is 1. The summed E-state index contributed by atoms with van der Waals surface area (Å²) in [5, 5.41) is 0. The Kier molecular flexibility index (Phi) is 3.68. The zero-order chi connectivity index (χ0) is 9.78. The second-order valence-corrected chi connectivity index (χ2v) is 2.61. The first kappa shape index (κ1) is 10.9. The topological polar surface area (TPSA) is 20.3 Å². The fourth-order valence-electron chi connectivity index (χ4n) is 0.663. The number of rotatable bonds is 3. The molecule has 4 heteroatoms. The van der Waals surface area contributed by atoms with E-state index in [4.69, 9.17) is 6.42 Å². The molecule has 2 nitrogen and oxygen atoms in total. The molecule has 0 fully saturated rings. The van der Waals surface area contributed by atoms with E-state index in [2.05, 4.69) is 5.92 Å². The predicted octanol–water partition coefficient (Wildman–Crippen LogP) is 1.12. The van der Waals surface area contributed by atoms with Gasteiger partial charge in [0.05, 0.1) is 0 Å². The van der Waals surface area contributed by atoms with Gasteiger partial charge in [-0.1, -0.05) is 0 Å². The number of carbonyl (C=O) groups excluding carboxylic acids is 1. The van der Waals surface area contributed by atoms with E-state index in [1.54, 1.807) is 0 Å². The molecule has 0 radical (unpaired) electrons. The summed E-state index contributed by atoms with van der Waals surface area (Å²) in [6.45, 7) is 0. The third-order valence-corrected chi connectivity index (χ3v) is 1.30. The summed E-state index contributed by atoms with van der Waals surface area (Å²) in [6.07, 6.45) is 4.13. The quantitative estimate of drug-likeness (QED) is 0.589. The molecule has 0 bridgehead atoms. The van der Waals surface area contributed by atoms with Crippen LogP contribution < -0.4 is 0 Å². The zero-order valence-corrected chi connectivity index (χ0v) is 7.10. The Balaban J connectivity index is 4.21. The standard InChI is InChI=1S/C8H11F2NO/c1-4-5-6-8(9,10)7(12)11(2)3/h1H,5-6H2,2-3H3. The molecular formula is C8H11F2NO. The lowest BCUT2D eigenvalue weighted by Crippen LogP contribution is -2.39. The second kappa shape index (κ2) is 4.05. The van der Waals surface area contributed by atoms with E-state index < -0.39 is 18.3 Å². The molecule has 1 amide bonds. The first-order valence-corrected chi connectivity index (χ1v) is 3.45. The van der Waals surface area contributed by atoms with Gasteiger partial charge in [-0.3, -0.25) is 4.79 Å². The number of nitrogens with zero attached hydrogens (tertiary/aromatic N) is 1. The number of terminal acetylenes is 1. The smallest absolute Gasteiger partial charge is 0.325 e. The molecule has 0 rings (SSSR count). The van der Waals surface area contributed by atoms with Gasteiger partial charge >= 0.3 is 5.92 Å². The van der Waals surface area contributed by atoms with Crippen LogP contribution in [-0.2, 0) is 4.79 Å². The van der Waals surface area contributed by atoms with Crippen molar-refractivity contribution in [3.8, 4) is 12.3 Å². The molecule has 0 heterocycles. The molecule has 0 aliphatic heterocycles. The van der Waals surface area contributed by atoms with Crippen molar-refractivity contribution in [3.05, 3.63) is 0 Å². The SMILES string of the molecule is C#CCCC(F)(F)C(=O)N(C)C. The minimum Gasteiger partial charge on any atom is -0.344 e. The summed E-state index contributed by atoms with van der Waals surface area (Å²) < 4.78 is 25.5. The van der Waals surface area contributed by atoms with E-state index in [0.29, 0.717) is 0 Å². The number of hydrogen-bond donors (Lipinski definition) is 0. The van der Waals surface area contributed by atoms with Crippen molar-refractivity contribution in [3.63, 3.8) is 0 Å². The lowest BCUT2D eigenvalue weighted by atomic mass is 10.1. The summed E-state index contributed by atoms with van der Waals surface area (Å²) in [4.78, 5) is 11.6. The van der Waals surface area contributed by atoms with E-state index in [1.807, 2.05) is 0 Å². The van der Waals surface area contributed by atoms with E-state index in [0.717, 1.165) is 4.90 Å². The maximum atomic E-state index is 12.8. The summed E-state index contributed by atoms with van der Waals surface area (Å²) >= 11 is 0. The lowest BCUT2D eigenvalue weighted by molar-refractivity contribution is -0.155. The van der Waals surface area contributed by atoms with Crippen molar-refractivity contribution in [2.75, 3.05) is 14.1 Å². The summed E-state index contributed by atoms with van der Waals surface area (Å²) in [5.74, 6) is -2.45. The predicted molar refractivity (Wildman–Crippen MR) is 41.7 cm³/mol. The molecule has 0 aliphatic rings. The molecule has 0 aromatic carbocycles. The van der Waals surface area contributed by atoms with Crippen LogP contribution in [0.25, 0.3) is 0 Å². The van der Waals surface area contributed by atoms with E-state index in [1.165, 1.54) is 14.1 Å². The molecule has 0 N–H and O–H groups in total. The number of hydrogen-bond acceptors (Lipinski definition) is 1. The molecule has 68 valence electrons. The summed E-state index contributed by atoms with van der Waals surface area (Å²) in [6, 6.07) is 0. The van der Waals surface area contributed by atoms with Gasteiger partial charge in [0.25, 0.3) is 5.91 Å². The normalized spacial score (nSPS) is 10.6. The van der Waals surface area contributed by atoms with Crippen LogP contribution in [0.4, 0.5) is 8.78 Å². The fourth-order valence-corrected chi connectivity index (χ4v) is 0.663. The highest BCUT2D eigenvalue weighted by atomic mass is 19.3. The first-order chi connectivity index (χ1) is 5.41. The van der Waals surface area contributed by atoms with Crippen LogP contribution >= 0.6 is 0 Å². The Hall–Kier alpha value is -1.11. The lowest BCUT2D eigenvalue weighted by Gasteiger charge is -2.18. The Morgan fingerprint density at radius 3 is 2.42 bits per heavy atom. The van der Waals surface area contributed by atoms with Crippen LogP contribution in [0.5, 0.6) is 0 Å². The maximum Gasteiger partial charge on any atom is 0.325 e. The van der Waals surface area contributed by atoms with Gasteiger partial charge < -0.3 is 4.90 Å². The highest BCUT2D eigenvalue weighted by Gasteiger charge is 2.38. The van der Waals surface area contributed by atoms with Gasteiger partial charge in [-0.05, 0) is 0 Å². The molecule has 0 saturated heterocycles. The molecule has 0 aromatic heterocycles. The number of amides is 1. The van der Waals surface area contributed by atoms with Crippen molar-refractivity contribution < 1.29 is 13.6 Å².